The first-order valence-electron chi connectivity index (χ1n) is 10.4. The number of nitrogens with zero attached hydrogens (tertiary/aromatic N) is 4. The Bertz CT molecular complexity index is 738. The fourth-order valence-corrected chi connectivity index (χ4v) is 1.65. The molecule has 0 amide bonds. The van der Waals surface area contributed by atoms with Crippen molar-refractivity contribution in [2.75, 3.05) is 0 Å². The average molecular weight is 524 g/mol. The predicted octanol–water partition coefficient (Wildman–Crippen LogP) is 7.95. The largest absolute Gasteiger partial charge is 0.473 e. The van der Waals surface area contributed by atoms with Crippen LogP contribution >= 0.6 is 0 Å². The van der Waals surface area contributed by atoms with Crippen molar-refractivity contribution in [1.82, 2.24) is 30.1 Å². The lowest BCUT2D eigenvalue weighted by Gasteiger charge is -1.54. The highest BCUT2D eigenvalue weighted by molar-refractivity contribution is 5.62. The third-order valence-electron chi connectivity index (χ3n) is 3.06. The van der Waals surface area contributed by atoms with Gasteiger partial charge in [-0.05, 0) is 42.5 Å². The lowest BCUT2D eigenvalue weighted by atomic mass is 10.5. The first-order chi connectivity index (χ1) is 17.5. The van der Waals surface area contributed by atoms with Crippen LogP contribution in [0.15, 0.2) is 160 Å². The Hall–Kier alpha value is -5.12. The number of furan rings is 1. The molecule has 0 spiro atoms. The molecule has 0 fully saturated rings. The second kappa shape index (κ2) is 34.0. The molecular weight excluding hydrogens is 482 g/mol. The van der Waals surface area contributed by atoms with Gasteiger partial charge in [0.2, 0.25) is 0 Å². The molecule has 0 unspecified atom stereocenters. The third kappa shape index (κ3) is 30.9. The zero-order valence-electron chi connectivity index (χ0n) is 19.1. The highest BCUT2D eigenvalue weighted by Crippen LogP contribution is 1.86. The maximum Gasteiger partial charge on any atom is 0.180 e. The van der Waals surface area contributed by atoms with Crippen molar-refractivity contribution in [3.63, 3.8) is 0 Å². The molecule has 7 rings (SSSR count). The smallest absolute Gasteiger partial charge is 0.180 e. The Morgan fingerprint density at radius 1 is 0.553 bits per heavy atom. The first kappa shape index (κ1) is 37.4. The van der Waals surface area contributed by atoms with Gasteiger partial charge in [-0.15, -0.1) is 0 Å². The minimum absolute atomic E-state index is 0. The highest BCUT2D eigenvalue weighted by atomic mass is 16.3. The van der Waals surface area contributed by atoms with Gasteiger partial charge in [-0.1, -0.05) is 28.4 Å². The molecule has 10 heteroatoms. The molecule has 3 N–H and O–H groups in total. The van der Waals surface area contributed by atoms with Gasteiger partial charge in [0.1, 0.15) is 12.5 Å². The van der Waals surface area contributed by atoms with Crippen LogP contribution in [0.5, 0.6) is 0 Å². The van der Waals surface area contributed by atoms with Gasteiger partial charge in [-0.3, -0.25) is 10.1 Å². The lowest BCUT2D eigenvalue weighted by molar-refractivity contribution is 0.557. The van der Waals surface area contributed by atoms with E-state index in [9.17, 15) is 0 Å². The molecule has 10 nitrogen and oxygen atoms in total. The summed E-state index contributed by atoms with van der Waals surface area (Å²) in [4.78, 5) is 16.6. The molecule has 1 aliphatic heterocycles. The number of allylic oxidation sites excluding steroid dienone is 1. The Kier molecular flexibility index (Phi) is 33.5. The molecule has 0 bridgehead atoms. The van der Waals surface area contributed by atoms with Crippen molar-refractivity contribution in [3.8, 4) is 0 Å². The van der Waals surface area contributed by atoms with E-state index in [0.29, 0.717) is 0 Å². The summed E-state index contributed by atoms with van der Waals surface area (Å²) >= 11 is 0. The summed E-state index contributed by atoms with van der Waals surface area (Å²) in [6.45, 7) is 0. The second-order valence-electron chi connectivity index (χ2n) is 5.63. The van der Waals surface area contributed by atoms with Crippen molar-refractivity contribution in [3.05, 3.63) is 142 Å². The molecular formula is C28H41N7O3. The number of hydrogen-bond acceptors (Lipinski definition) is 7. The third-order valence-corrected chi connectivity index (χ3v) is 3.06. The van der Waals surface area contributed by atoms with E-state index in [1.165, 1.54) is 25.3 Å². The summed E-state index contributed by atoms with van der Waals surface area (Å²) in [6, 6.07) is 13.3. The van der Waals surface area contributed by atoms with E-state index < -0.39 is 0 Å². The van der Waals surface area contributed by atoms with Gasteiger partial charge in [-0.2, -0.15) is 5.10 Å². The fraction of sp³-hybridized carbons (Fsp3) is 0.143. The molecule has 0 aromatic carbocycles. The van der Waals surface area contributed by atoms with Gasteiger partial charge < -0.3 is 23.2 Å². The minimum atomic E-state index is 0. The summed E-state index contributed by atoms with van der Waals surface area (Å²) in [5.74, 6) is 0. The van der Waals surface area contributed by atoms with Crippen LogP contribution in [0.1, 0.15) is 28.7 Å². The van der Waals surface area contributed by atoms with E-state index in [4.69, 9.17) is 0 Å². The van der Waals surface area contributed by atoms with Crippen LogP contribution in [0.25, 0.3) is 0 Å². The Balaban J connectivity index is -0.000000371. The predicted molar refractivity (Wildman–Crippen MR) is 154 cm³/mol. The number of H-pyrrole nitrogens is 3. The van der Waals surface area contributed by atoms with Crippen molar-refractivity contribution in [1.29, 1.82) is 0 Å². The molecule has 0 saturated carbocycles. The maximum absolute atomic E-state index is 4.58. The quantitative estimate of drug-likeness (QED) is 0.185. The Labute approximate surface area is 225 Å². The number of aromatic nitrogens is 6. The molecule has 206 valence electrons. The van der Waals surface area contributed by atoms with Crippen LogP contribution in [0.2, 0.25) is 0 Å². The van der Waals surface area contributed by atoms with Crippen molar-refractivity contribution < 1.29 is 13.3 Å². The van der Waals surface area contributed by atoms with Crippen molar-refractivity contribution in [2.45, 2.75) is 28.7 Å². The molecule has 1 aliphatic rings. The second-order valence-corrected chi connectivity index (χ2v) is 5.63. The molecule has 38 heavy (non-hydrogen) atoms. The van der Waals surface area contributed by atoms with E-state index in [1.54, 1.807) is 43.5 Å². The average Bonchev–Trinajstić information content (AvgIpc) is 3.81. The van der Waals surface area contributed by atoms with Crippen LogP contribution in [0, 0.1) is 0 Å². The Morgan fingerprint density at radius 2 is 1.11 bits per heavy atom. The van der Waals surface area contributed by atoms with Crippen LogP contribution in [0.4, 0.5) is 0 Å². The molecule has 0 radical (unpaired) electrons. The van der Waals surface area contributed by atoms with Gasteiger partial charge in [0.05, 0.1) is 24.9 Å². The van der Waals surface area contributed by atoms with Crippen molar-refractivity contribution >= 4 is 6.21 Å². The van der Waals surface area contributed by atoms with Crippen LogP contribution in [-0.2, 0) is 0 Å². The normalized spacial score (nSPS) is 8.63. The molecule has 6 aromatic heterocycles. The SMILES string of the molecule is C.C.C.C1=CN=CC1.c1cc[nH]c1.c1cc[nH]c1.c1ccoc1.c1cn[nH]c1.c1cocn1.c1cocn1. The summed E-state index contributed by atoms with van der Waals surface area (Å²) in [7, 11) is 0. The van der Waals surface area contributed by atoms with Gasteiger partial charge in [0.25, 0.3) is 0 Å². The molecule has 0 saturated heterocycles. The van der Waals surface area contributed by atoms with E-state index in [-0.39, 0.29) is 22.3 Å². The standard InChI is InChI=1S/3C4H5N.C4H4O.C3H4N2.2C3H3NO.3CH4/c5*1-2-4-5-3-1;2*1-2-5-3-4-1;;;/h1,3-4H,2H2;2*1-5H;1-4H;1-3H,(H,4,5);2*1-3H;3*1H4. The number of rotatable bonds is 0. The van der Waals surface area contributed by atoms with Gasteiger partial charge in [0, 0.05) is 56.0 Å². The van der Waals surface area contributed by atoms with Crippen molar-refractivity contribution in [2.24, 2.45) is 4.99 Å². The van der Waals surface area contributed by atoms with E-state index in [2.05, 4.69) is 48.4 Å². The number of oxazole rings is 2. The summed E-state index contributed by atoms with van der Waals surface area (Å²) < 4.78 is 13.5. The monoisotopic (exact) mass is 523 g/mol. The lowest BCUT2D eigenvalue weighted by Crippen LogP contribution is -1.53. The summed E-state index contributed by atoms with van der Waals surface area (Å²) in [5, 5.41) is 6.21. The maximum atomic E-state index is 4.58. The van der Waals surface area contributed by atoms with Gasteiger partial charge in [0.15, 0.2) is 12.8 Å². The van der Waals surface area contributed by atoms with E-state index in [0.717, 1.165) is 6.42 Å². The van der Waals surface area contributed by atoms with Crippen LogP contribution < -0.4 is 0 Å². The summed E-state index contributed by atoms with van der Waals surface area (Å²) in [6.07, 6.45) is 29.9. The topological polar surface area (TPSA) is 138 Å². The highest BCUT2D eigenvalue weighted by Gasteiger charge is 1.73. The molecule has 0 atom stereocenters. The van der Waals surface area contributed by atoms with E-state index >= 15 is 0 Å². The minimum Gasteiger partial charge on any atom is -0.473 e. The number of aromatic amines is 3. The van der Waals surface area contributed by atoms with Crippen LogP contribution in [0.3, 0.4) is 0 Å². The van der Waals surface area contributed by atoms with Gasteiger partial charge in [-0.25, -0.2) is 9.97 Å². The first-order valence-corrected chi connectivity index (χ1v) is 10.4. The zero-order valence-corrected chi connectivity index (χ0v) is 19.1. The zero-order chi connectivity index (χ0) is 24.7. The Morgan fingerprint density at radius 3 is 1.24 bits per heavy atom. The summed E-state index contributed by atoms with van der Waals surface area (Å²) in [5.41, 5.74) is 0. The number of nitrogens with one attached hydrogen (secondary N) is 3. The van der Waals surface area contributed by atoms with Gasteiger partial charge >= 0.3 is 0 Å². The molecule has 7 heterocycles. The molecule has 6 aromatic rings. The number of aliphatic imine (C=N–C) groups is 1. The number of hydrogen-bond donors (Lipinski definition) is 3. The fourth-order valence-electron chi connectivity index (χ4n) is 1.65. The molecule has 0 aliphatic carbocycles. The van der Waals surface area contributed by atoms with Crippen LogP contribution in [-0.4, -0.2) is 36.3 Å². The van der Waals surface area contributed by atoms with E-state index in [1.807, 2.05) is 79.5 Å².